The van der Waals surface area contributed by atoms with Crippen LogP contribution in [0.25, 0.3) is 0 Å². The van der Waals surface area contributed by atoms with Crippen LogP contribution in [0.15, 0.2) is 12.3 Å². The molecule has 1 fully saturated rings. The van der Waals surface area contributed by atoms with Crippen molar-refractivity contribution in [2.75, 3.05) is 37.4 Å². The standard InChI is InChI=1S/C12H19N5O/c1-13-11(18)9-4-7-17(8-5-9)10-3-6-15-12(14-2)16-10/h3,6,9H,4-5,7-8H2,1-2H3,(H,13,18)(H,14,15,16). The van der Waals surface area contributed by atoms with Crippen molar-refractivity contribution in [1.82, 2.24) is 15.3 Å². The van der Waals surface area contributed by atoms with Gasteiger partial charge in [0.05, 0.1) is 0 Å². The van der Waals surface area contributed by atoms with Gasteiger partial charge < -0.3 is 15.5 Å². The lowest BCUT2D eigenvalue weighted by atomic mass is 9.96. The minimum Gasteiger partial charge on any atom is -0.359 e. The molecular formula is C12H19N5O. The Morgan fingerprint density at radius 3 is 2.72 bits per heavy atom. The first-order valence-corrected chi connectivity index (χ1v) is 6.22. The molecule has 1 aliphatic rings. The van der Waals surface area contributed by atoms with Crippen molar-refractivity contribution in [3.05, 3.63) is 12.3 Å². The van der Waals surface area contributed by atoms with E-state index in [4.69, 9.17) is 0 Å². The van der Waals surface area contributed by atoms with Gasteiger partial charge in [0, 0.05) is 39.3 Å². The van der Waals surface area contributed by atoms with Gasteiger partial charge in [0.25, 0.3) is 0 Å². The number of nitrogens with zero attached hydrogens (tertiary/aromatic N) is 3. The van der Waals surface area contributed by atoms with Crippen LogP contribution in [0.4, 0.5) is 11.8 Å². The normalized spacial score (nSPS) is 16.4. The number of carbonyl (C=O) groups is 1. The van der Waals surface area contributed by atoms with Crippen LogP contribution in [0, 0.1) is 5.92 Å². The van der Waals surface area contributed by atoms with E-state index >= 15 is 0 Å². The fraction of sp³-hybridized carbons (Fsp3) is 0.583. The zero-order chi connectivity index (χ0) is 13.0. The molecule has 1 aliphatic heterocycles. The van der Waals surface area contributed by atoms with Gasteiger partial charge in [-0.2, -0.15) is 4.98 Å². The monoisotopic (exact) mass is 249 g/mol. The quantitative estimate of drug-likeness (QED) is 0.815. The number of amides is 1. The van der Waals surface area contributed by atoms with Crippen LogP contribution in [-0.2, 0) is 4.79 Å². The molecule has 98 valence electrons. The smallest absolute Gasteiger partial charge is 0.224 e. The molecular weight excluding hydrogens is 230 g/mol. The average molecular weight is 249 g/mol. The van der Waals surface area contributed by atoms with Gasteiger partial charge in [-0.05, 0) is 18.9 Å². The summed E-state index contributed by atoms with van der Waals surface area (Å²) in [5.74, 6) is 1.83. The highest BCUT2D eigenvalue weighted by Gasteiger charge is 2.24. The lowest BCUT2D eigenvalue weighted by molar-refractivity contribution is -0.125. The van der Waals surface area contributed by atoms with Crippen LogP contribution >= 0.6 is 0 Å². The summed E-state index contributed by atoms with van der Waals surface area (Å²) in [7, 11) is 3.50. The second kappa shape index (κ2) is 5.66. The highest BCUT2D eigenvalue weighted by Crippen LogP contribution is 2.22. The third kappa shape index (κ3) is 2.69. The summed E-state index contributed by atoms with van der Waals surface area (Å²) in [5, 5.41) is 5.64. The second-order valence-corrected chi connectivity index (χ2v) is 4.36. The number of hydrogen-bond acceptors (Lipinski definition) is 5. The lowest BCUT2D eigenvalue weighted by Crippen LogP contribution is -2.39. The van der Waals surface area contributed by atoms with E-state index in [1.165, 1.54) is 0 Å². The van der Waals surface area contributed by atoms with Gasteiger partial charge in [-0.3, -0.25) is 4.79 Å². The summed E-state index contributed by atoms with van der Waals surface area (Å²) in [6, 6.07) is 1.90. The molecule has 18 heavy (non-hydrogen) atoms. The van der Waals surface area contributed by atoms with Crippen molar-refractivity contribution in [3.63, 3.8) is 0 Å². The fourth-order valence-corrected chi connectivity index (χ4v) is 2.22. The predicted molar refractivity (Wildman–Crippen MR) is 70.6 cm³/mol. The summed E-state index contributed by atoms with van der Waals surface area (Å²) in [5.41, 5.74) is 0. The number of nitrogens with one attached hydrogen (secondary N) is 2. The molecule has 0 aliphatic carbocycles. The number of piperidine rings is 1. The Hall–Kier alpha value is -1.85. The van der Waals surface area contributed by atoms with E-state index in [1.54, 1.807) is 20.3 Å². The Bertz CT molecular complexity index is 415. The molecule has 0 saturated carbocycles. The maximum atomic E-state index is 11.5. The van der Waals surface area contributed by atoms with Crippen molar-refractivity contribution in [3.8, 4) is 0 Å². The Morgan fingerprint density at radius 1 is 1.39 bits per heavy atom. The maximum absolute atomic E-state index is 11.5. The van der Waals surface area contributed by atoms with Gasteiger partial charge in [0.1, 0.15) is 5.82 Å². The SMILES string of the molecule is CNC(=O)C1CCN(c2ccnc(NC)n2)CC1. The molecule has 6 nitrogen and oxygen atoms in total. The number of rotatable bonds is 3. The van der Waals surface area contributed by atoms with Gasteiger partial charge in [-0.1, -0.05) is 0 Å². The lowest BCUT2D eigenvalue weighted by Gasteiger charge is -2.31. The van der Waals surface area contributed by atoms with E-state index in [9.17, 15) is 4.79 Å². The molecule has 6 heteroatoms. The molecule has 2 N–H and O–H groups in total. The molecule has 1 saturated heterocycles. The van der Waals surface area contributed by atoms with Gasteiger partial charge in [-0.15, -0.1) is 0 Å². The van der Waals surface area contributed by atoms with Crippen molar-refractivity contribution >= 4 is 17.7 Å². The van der Waals surface area contributed by atoms with Crippen molar-refractivity contribution in [2.45, 2.75) is 12.8 Å². The molecule has 0 spiro atoms. The van der Waals surface area contributed by atoms with Crippen LogP contribution in [0.3, 0.4) is 0 Å². The minimum absolute atomic E-state index is 0.136. The zero-order valence-electron chi connectivity index (χ0n) is 10.8. The molecule has 1 aromatic rings. The van der Waals surface area contributed by atoms with Gasteiger partial charge in [0.2, 0.25) is 11.9 Å². The van der Waals surface area contributed by atoms with Gasteiger partial charge in [0.15, 0.2) is 0 Å². The Morgan fingerprint density at radius 2 is 2.11 bits per heavy atom. The summed E-state index contributed by atoms with van der Waals surface area (Å²) < 4.78 is 0. The number of hydrogen-bond donors (Lipinski definition) is 2. The third-order valence-corrected chi connectivity index (χ3v) is 3.30. The number of carbonyl (C=O) groups excluding carboxylic acids is 1. The average Bonchev–Trinajstić information content (AvgIpc) is 2.46. The fourth-order valence-electron chi connectivity index (χ4n) is 2.22. The molecule has 2 rings (SSSR count). The van der Waals surface area contributed by atoms with E-state index in [2.05, 4.69) is 25.5 Å². The van der Waals surface area contributed by atoms with Crippen LogP contribution in [-0.4, -0.2) is 43.1 Å². The van der Waals surface area contributed by atoms with Crippen LogP contribution < -0.4 is 15.5 Å². The van der Waals surface area contributed by atoms with E-state index in [1.807, 2.05) is 6.07 Å². The van der Waals surface area contributed by atoms with E-state index in [0.717, 1.165) is 31.7 Å². The van der Waals surface area contributed by atoms with Crippen LogP contribution in [0.1, 0.15) is 12.8 Å². The Labute approximate surface area is 107 Å². The second-order valence-electron chi connectivity index (χ2n) is 4.36. The van der Waals surface area contributed by atoms with Crippen molar-refractivity contribution in [1.29, 1.82) is 0 Å². The summed E-state index contributed by atoms with van der Waals surface area (Å²) in [6.07, 6.45) is 3.50. The molecule has 0 radical (unpaired) electrons. The Kier molecular flexibility index (Phi) is 3.96. The van der Waals surface area contributed by atoms with Crippen molar-refractivity contribution in [2.24, 2.45) is 5.92 Å². The molecule has 1 amide bonds. The molecule has 1 aromatic heterocycles. The molecule has 0 bridgehead atoms. The van der Waals surface area contributed by atoms with E-state index in [0.29, 0.717) is 5.95 Å². The minimum atomic E-state index is 0.136. The molecule has 2 heterocycles. The van der Waals surface area contributed by atoms with Crippen LogP contribution in [0.5, 0.6) is 0 Å². The first-order chi connectivity index (χ1) is 8.74. The summed E-state index contributed by atoms with van der Waals surface area (Å²) in [6.45, 7) is 1.72. The van der Waals surface area contributed by atoms with Crippen molar-refractivity contribution < 1.29 is 4.79 Å². The molecule has 0 unspecified atom stereocenters. The zero-order valence-corrected chi connectivity index (χ0v) is 10.8. The highest BCUT2D eigenvalue weighted by molar-refractivity contribution is 5.78. The molecule has 0 atom stereocenters. The predicted octanol–water partition coefficient (Wildman–Crippen LogP) is 0.481. The first kappa shape index (κ1) is 12.6. The number of anilines is 2. The summed E-state index contributed by atoms with van der Waals surface area (Å²) >= 11 is 0. The Balaban J connectivity index is 1.98. The van der Waals surface area contributed by atoms with Gasteiger partial charge >= 0.3 is 0 Å². The van der Waals surface area contributed by atoms with E-state index < -0.39 is 0 Å². The van der Waals surface area contributed by atoms with E-state index in [-0.39, 0.29) is 11.8 Å². The first-order valence-electron chi connectivity index (χ1n) is 6.22. The maximum Gasteiger partial charge on any atom is 0.224 e. The largest absolute Gasteiger partial charge is 0.359 e. The highest BCUT2D eigenvalue weighted by atomic mass is 16.1. The third-order valence-electron chi connectivity index (χ3n) is 3.30. The number of aromatic nitrogens is 2. The van der Waals surface area contributed by atoms with Gasteiger partial charge in [-0.25, -0.2) is 4.98 Å². The molecule has 0 aromatic carbocycles. The van der Waals surface area contributed by atoms with Crippen LogP contribution in [0.2, 0.25) is 0 Å². The summed E-state index contributed by atoms with van der Waals surface area (Å²) in [4.78, 5) is 22.2. The topological polar surface area (TPSA) is 70.2 Å².